The molecule has 3 N–H and O–H groups in total. The minimum atomic E-state index is -4.56. The predicted octanol–water partition coefficient (Wildman–Crippen LogP) is 1.35. The topological polar surface area (TPSA) is 120 Å². The van der Waals surface area contributed by atoms with Crippen LogP contribution >= 0.6 is 0 Å². The van der Waals surface area contributed by atoms with Gasteiger partial charge in [0.25, 0.3) is 0 Å². The molecule has 2 bridgehead atoms. The van der Waals surface area contributed by atoms with Gasteiger partial charge in [0.05, 0.1) is 29.8 Å². The van der Waals surface area contributed by atoms with Gasteiger partial charge in [0.2, 0.25) is 5.91 Å². The number of urea groups is 1. The molecule has 3 aliphatic heterocycles. The van der Waals surface area contributed by atoms with E-state index in [9.17, 15) is 22.8 Å². The molecule has 1 saturated heterocycles. The summed E-state index contributed by atoms with van der Waals surface area (Å²) in [4.78, 5) is 33.7. The summed E-state index contributed by atoms with van der Waals surface area (Å²) in [5.41, 5.74) is 1.35. The zero-order valence-electron chi connectivity index (χ0n) is 18.5. The highest BCUT2D eigenvalue weighted by Crippen LogP contribution is 2.33. The molecular formula is C21H22F3N9O2. The van der Waals surface area contributed by atoms with Crippen molar-refractivity contribution in [2.75, 3.05) is 18.4 Å². The minimum Gasteiger partial charge on any atom is -0.366 e. The molecule has 3 atom stereocenters. The summed E-state index contributed by atoms with van der Waals surface area (Å²) < 4.78 is 40.2. The second-order valence-corrected chi connectivity index (χ2v) is 8.42. The molecule has 2 aromatic rings. The van der Waals surface area contributed by atoms with Gasteiger partial charge in [0.15, 0.2) is 0 Å². The van der Waals surface area contributed by atoms with E-state index in [1.54, 1.807) is 24.4 Å². The Morgan fingerprint density at radius 3 is 2.86 bits per heavy atom. The molecule has 5 rings (SSSR count). The molecule has 1 unspecified atom stereocenters. The number of carbonyl (C=O) groups is 2. The van der Waals surface area contributed by atoms with Gasteiger partial charge in [-0.1, -0.05) is 11.3 Å². The van der Waals surface area contributed by atoms with E-state index in [0.717, 1.165) is 6.92 Å². The van der Waals surface area contributed by atoms with Crippen LogP contribution in [0.25, 0.3) is 5.69 Å². The fourth-order valence-corrected chi connectivity index (χ4v) is 4.29. The van der Waals surface area contributed by atoms with Crippen LogP contribution < -0.4 is 16.0 Å². The number of rotatable bonds is 4. The second-order valence-electron chi connectivity index (χ2n) is 8.42. The molecular weight excluding hydrogens is 467 g/mol. The van der Waals surface area contributed by atoms with Crippen molar-refractivity contribution in [1.82, 2.24) is 40.4 Å². The van der Waals surface area contributed by atoms with Crippen molar-refractivity contribution in [3.05, 3.63) is 54.4 Å². The van der Waals surface area contributed by atoms with Gasteiger partial charge in [-0.2, -0.15) is 13.2 Å². The van der Waals surface area contributed by atoms with E-state index in [-0.39, 0.29) is 11.9 Å². The van der Waals surface area contributed by atoms with Crippen molar-refractivity contribution in [3.63, 3.8) is 0 Å². The first kappa shape index (κ1) is 22.7. The van der Waals surface area contributed by atoms with E-state index in [4.69, 9.17) is 0 Å². The predicted molar refractivity (Wildman–Crippen MR) is 117 cm³/mol. The third kappa shape index (κ3) is 4.38. The summed E-state index contributed by atoms with van der Waals surface area (Å²) in [6.07, 6.45) is 4.00. The number of fused-ring (bicyclic) bond motifs is 3. The molecule has 5 heterocycles. The first-order chi connectivity index (χ1) is 16.7. The third-order valence-electron chi connectivity index (χ3n) is 6.11. The Balaban J connectivity index is 1.35. The fourth-order valence-electron chi connectivity index (χ4n) is 4.29. The van der Waals surface area contributed by atoms with E-state index >= 15 is 0 Å². The fraction of sp³-hybridized carbons (Fsp3) is 0.381. The van der Waals surface area contributed by atoms with Crippen molar-refractivity contribution < 1.29 is 22.8 Å². The summed E-state index contributed by atoms with van der Waals surface area (Å²) in [5.74, 6) is -0.190. The van der Waals surface area contributed by atoms with Crippen molar-refractivity contribution in [2.24, 2.45) is 0 Å². The van der Waals surface area contributed by atoms with Crippen LogP contribution in [0.5, 0.6) is 0 Å². The molecule has 3 amide bonds. The minimum absolute atomic E-state index is 0.177. The van der Waals surface area contributed by atoms with Gasteiger partial charge in [-0.3, -0.25) is 15.0 Å². The third-order valence-corrected chi connectivity index (χ3v) is 6.11. The Kier molecular flexibility index (Phi) is 5.57. The number of hydrogen-bond acceptors (Lipinski definition) is 7. The summed E-state index contributed by atoms with van der Waals surface area (Å²) in [7, 11) is 0. The maximum Gasteiger partial charge on any atom is 0.408 e. The monoisotopic (exact) mass is 489 g/mol. The second kappa shape index (κ2) is 8.60. The number of nitrogens with one attached hydrogen (secondary N) is 3. The largest absolute Gasteiger partial charge is 0.408 e. The average molecular weight is 489 g/mol. The number of anilines is 1. The molecule has 11 nitrogen and oxygen atoms in total. The molecule has 0 radical (unpaired) electrons. The van der Waals surface area contributed by atoms with Gasteiger partial charge < -0.3 is 15.5 Å². The number of carbonyl (C=O) groups excluding carboxylic acids is 2. The lowest BCUT2D eigenvalue weighted by Gasteiger charge is -2.41. The maximum atomic E-state index is 13.4. The highest BCUT2D eigenvalue weighted by molar-refractivity contribution is 5.91. The van der Waals surface area contributed by atoms with Crippen molar-refractivity contribution in [3.8, 4) is 5.69 Å². The Bertz CT molecular complexity index is 1190. The lowest BCUT2D eigenvalue weighted by Crippen LogP contribution is -2.57. The quantitative estimate of drug-likeness (QED) is 0.593. The van der Waals surface area contributed by atoms with Gasteiger partial charge in [0, 0.05) is 25.4 Å². The van der Waals surface area contributed by atoms with Crippen LogP contribution in [-0.4, -0.2) is 79.1 Å². The summed E-state index contributed by atoms with van der Waals surface area (Å²) >= 11 is 0. The normalized spacial score (nSPS) is 21.9. The van der Waals surface area contributed by atoms with E-state index in [1.165, 1.54) is 28.1 Å². The van der Waals surface area contributed by atoms with Gasteiger partial charge in [-0.15, -0.1) is 5.10 Å². The summed E-state index contributed by atoms with van der Waals surface area (Å²) in [6.45, 7) is 2.19. The number of amides is 3. The van der Waals surface area contributed by atoms with Crippen LogP contribution in [0, 0.1) is 0 Å². The first-order valence-corrected chi connectivity index (χ1v) is 10.9. The molecule has 0 saturated carbocycles. The number of alkyl halides is 3. The van der Waals surface area contributed by atoms with Gasteiger partial charge in [-0.25, -0.2) is 14.5 Å². The smallest absolute Gasteiger partial charge is 0.366 e. The molecule has 1 fully saturated rings. The zero-order valence-corrected chi connectivity index (χ0v) is 18.5. The van der Waals surface area contributed by atoms with Crippen LogP contribution in [0.3, 0.4) is 0 Å². The number of nitrogens with zero attached hydrogens (tertiary/aromatic N) is 6. The molecule has 2 aromatic heterocycles. The maximum absolute atomic E-state index is 13.4. The van der Waals surface area contributed by atoms with E-state index < -0.39 is 30.2 Å². The molecule has 35 heavy (non-hydrogen) atoms. The number of aromatic nitrogens is 4. The Labute approximate surface area is 197 Å². The van der Waals surface area contributed by atoms with Gasteiger partial charge in [-0.05, 0) is 25.5 Å². The van der Waals surface area contributed by atoms with Gasteiger partial charge >= 0.3 is 12.2 Å². The number of hydrogen-bond donors (Lipinski definition) is 3. The summed E-state index contributed by atoms with van der Waals surface area (Å²) in [6, 6.07) is -0.382. The number of allylic oxidation sites excluding steroid dienone is 1. The first-order valence-electron chi connectivity index (χ1n) is 10.9. The summed E-state index contributed by atoms with van der Waals surface area (Å²) in [5, 5.41) is 15.4. The lowest BCUT2D eigenvalue weighted by atomic mass is 10.1. The highest BCUT2D eigenvalue weighted by Gasteiger charge is 2.43. The molecule has 0 aliphatic carbocycles. The number of dihydropyridines is 1. The molecule has 0 aromatic carbocycles. The molecule has 14 heteroatoms. The molecule has 3 aliphatic rings. The van der Waals surface area contributed by atoms with Crippen molar-refractivity contribution >= 4 is 17.8 Å². The van der Waals surface area contributed by atoms with Crippen molar-refractivity contribution in [2.45, 2.75) is 37.6 Å². The highest BCUT2D eigenvalue weighted by atomic mass is 19.4. The number of halogens is 3. The van der Waals surface area contributed by atoms with Crippen molar-refractivity contribution in [1.29, 1.82) is 0 Å². The van der Waals surface area contributed by atoms with E-state index in [2.05, 4.69) is 30.8 Å². The standard InChI is InChI=1S/C21H22F3N9O2/c1-12(21(22,23)24)27-19(34)15-2-3-16-18(28-15)33(14-5-8-31(16)11-14)20(35)29-17-10-13(4-6-25-17)32-9-7-26-30-32/h2-4,6-7,9-10,12,14-15,28H,5,8,11H2,1H3,(H,27,34)(H,25,29,35)/t12-,14+,15?/m1/s1. The van der Waals surface area contributed by atoms with E-state index in [0.29, 0.717) is 36.7 Å². The Morgan fingerprint density at radius 1 is 1.29 bits per heavy atom. The van der Waals surface area contributed by atoms with Crippen LogP contribution in [0.1, 0.15) is 13.3 Å². The van der Waals surface area contributed by atoms with Crippen LogP contribution in [0.15, 0.2) is 54.4 Å². The van der Waals surface area contributed by atoms with Crippen LogP contribution in [0.4, 0.5) is 23.8 Å². The Hall–Kier alpha value is -4.10. The Morgan fingerprint density at radius 2 is 2.11 bits per heavy atom. The lowest BCUT2D eigenvalue weighted by molar-refractivity contribution is -0.158. The number of pyridine rings is 1. The molecule has 0 spiro atoms. The van der Waals surface area contributed by atoms with Gasteiger partial charge in [0.1, 0.15) is 23.7 Å². The average Bonchev–Trinajstić information content (AvgIpc) is 3.50. The van der Waals surface area contributed by atoms with Crippen LogP contribution in [0.2, 0.25) is 0 Å². The zero-order chi connectivity index (χ0) is 24.7. The van der Waals surface area contributed by atoms with E-state index in [1.807, 2.05) is 5.32 Å². The molecule has 184 valence electrons. The SMILES string of the molecule is C[C@@H](NC(=O)C1C=CC2=C(N1)N(C(=O)Nc1cc(-n3ccnn3)ccn1)[C@H]1CCN2C1)C(F)(F)F. The van der Waals surface area contributed by atoms with Crippen LogP contribution in [-0.2, 0) is 4.79 Å².